The van der Waals surface area contributed by atoms with Gasteiger partial charge in [-0.05, 0) is 58.6 Å². The van der Waals surface area contributed by atoms with Gasteiger partial charge in [-0.1, -0.05) is 13.3 Å². The van der Waals surface area contributed by atoms with Crippen molar-refractivity contribution in [1.29, 1.82) is 0 Å². The second kappa shape index (κ2) is 8.61. The minimum Gasteiger partial charge on any atom is -0.444 e. The van der Waals surface area contributed by atoms with E-state index in [1.165, 1.54) is 31.4 Å². The standard InChI is InChI=1S/C18H34N2O2S/c1-5-23-16-10-6-9-15(16)19-14-8-7-12-20(13-11-14)17(21)22-18(2,3)4/h14-16,19H,5-13H2,1-4H3. The molecule has 1 aliphatic heterocycles. The van der Waals surface area contributed by atoms with Crippen LogP contribution in [0.2, 0.25) is 0 Å². The van der Waals surface area contributed by atoms with Crippen LogP contribution >= 0.6 is 11.8 Å². The van der Waals surface area contributed by atoms with Crippen molar-refractivity contribution >= 4 is 17.9 Å². The Morgan fingerprint density at radius 1 is 1.17 bits per heavy atom. The number of amides is 1. The van der Waals surface area contributed by atoms with E-state index < -0.39 is 5.60 Å². The smallest absolute Gasteiger partial charge is 0.410 e. The van der Waals surface area contributed by atoms with Gasteiger partial charge in [0, 0.05) is 30.4 Å². The van der Waals surface area contributed by atoms with Crippen LogP contribution in [0.15, 0.2) is 0 Å². The lowest BCUT2D eigenvalue weighted by Gasteiger charge is -2.27. The van der Waals surface area contributed by atoms with Crippen LogP contribution in [0.4, 0.5) is 4.79 Å². The third kappa shape index (κ3) is 6.18. The van der Waals surface area contributed by atoms with Crippen LogP contribution in [0.25, 0.3) is 0 Å². The van der Waals surface area contributed by atoms with Gasteiger partial charge in [0.05, 0.1) is 0 Å². The zero-order chi connectivity index (χ0) is 16.9. The molecule has 0 bridgehead atoms. The first kappa shape index (κ1) is 18.9. The van der Waals surface area contributed by atoms with Crippen molar-refractivity contribution in [3.8, 4) is 0 Å². The highest BCUT2D eigenvalue weighted by Gasteiger charge is 2.30. The summed E-state index contributed by atoms with van der Waals surface area (Å²) in [5.41, 5.74) is -0.407. The average molecular weight is 343 g/mol. The Hall–Kier alpha value is -0.420. The Morgan fingerprint density at radius 3 is 2.65 bits per heavy atom. The van der Waals surface area contributed by atoms with E-state index in [0.717, 1.165) is 31.2 Å². The predicted molar refractivity (Wildman–Crippen MR) is 98.1 cm³/mol. The summed E-state index contributed by atoms with van der Waals surface area (Å²) in [6.07, 6.45) is 7.13. The largest absolute Gasteiger partial charge is 0.444 e. The Balaban J connectivity index is 1.80. The third-order valence-corrected chi connectivity index (χ3v) is 5.99. The molecule has 0 aromatic rings. The van der Waals surface area contributed by atoms with Gasteiger partial charge in [-0.2, -0.15) is 11.8 Å². The molecule has 1 amide bonds. The van der Waals surface area contributed by atoms with Crippen molar-refractivity contribution in [2.24, 2.45) is 0 Å². The minimum absolute atomic E-state index is 0.154. The second-order valence-electron chi connectivity index (χ2n) is 7.79. The molecule has 0 aromatic heterocycles. The number of hydrogen-bond acceptors (Lipinski definition) is 4. The maximum absolute atomic E-state index is 12.2. The van der Waals surface area contributed by atoms with Crippen LogP contribution in [0.1, 0.15) is 66.2 Å². The van der Waals surface area contributed by atoms with Crippen LogP contribution in [0.5, 0.6) is 0 Å². The molecule has 4 nitrogen and oxygen atoms in total. The average Bonchev–Trinajstić information content (AvgIpc) is 2.74. The number of carbonyl (C=O) groups is 1. The number of nitrogens with one attached hydrogen (secondary N) is 1. The van der Waals surface area contributed by atoms with Crippen LogP contribution in [-0.4, -0.2) is 52.8 Å². The molecule has 1 N–H and O–H groups in total. The van der Waals surface area contributed by atoms with Gasteiger partial charge in [0.25, 0.3) is 0 Å². The summed E-state index contributed by atoms with van der Waals surface area (Å²) >= 11 is 2.11. The lowest BCUT2D eigenvalue weighted by atomic mass is 10.1. The second-order valence-corrected chi connectivity index (χ2v) is 9.31. The number of hydrogen-bond donors (Lipinski definition) is 1. The van der Waals surface area contributed by atoms with Gasteiger partial charge in [0.1, 0.15) is 5.60 Å². The van der Waals surface area contributed by atoms with Gasteiger partial charge in [0.2, 0.25) is 0 Å². The SMILES string of the molecule is CCSC1CCCC1NC1CCCN(C(=O)OC(C)(C)C)CC1. The van der Waals surface area contributed by atoms with E-state index in [-0.39, 0.29) is 6.09 Å². The Kier molecular flexibility index (Phi) is 7.08. The molecule has 1 saturated carbocycles. The highest BCUT2D eigenvalue weighted by molar-refractivity contribution is 7.99. The molecule has 1 aliphatic carbocycles. The first-order valence-electron chi connectivity index (χ1n) is 9.24. The van der Waals surface area contributed by atoms with Gasteiger partial charge in [0.15, 0.2) is 0 Å². The van der Waals surface area contributed by atoms with Crippen molar-refractivity contribution in [2.75, 3.05) is 18.8 Å². The van der Waals surface area contributed by atoms with E-state index in [0.29, 0.717) is 12.1 Å². The van der Waals surface area contributed by atoms with Gasteiger partial charge < -0.3 is 15.0 Å². The zero-order valence-corrected chi connectivity index (χ0v) is 16.1. The molecular weight excluding hydrogens is 308 g/mol. The molecule has 2 fully saturated rings. The van der Waals surface area contributed by atoms with E-state index in [1.807, 2.05) is 25.7 Å². The Bertz CT molecular complexity index is 384. The normalized spacial score (nSPS) is 29.4. The summed E-state index contributed by atoms with van der Waals surface area (Å²) in [5, 5.41) is 4.68. The van der Waals surface area contributed by atoms with Crippen LogP contribution in [0, 0.1) is 0 Å². The lowest BCUT2D eigenvalue weighted by molar-refractivity contribution is 0.0256. The monoisotopic (exact) mass is 342 g/mol. The summed E-state index contributed by atoms with van der Waals surface area (Å²) in [6.45, 7) is 9.68. The molecule has 2 rings (SSSR count). The van der Waals surface area contributed by atoms with E-state index in [4.69, 9.17) is 4.74 Å². The molecule has 2 aliphatic rings. The van der Waals surface area contributed by atoms with Crippen molar-refractivity contribution < 1.29 is 9.53 Å². The van der Waals surface area contributed by atoms with Crippen molar-refractivity contribution in [1.82, 2.24) is 10.2 Å². The number of rotatable bonds is 4. The maximum atomic E-state index is 12.2. The number of ether oxygens (including phenoxy) is 1. The van der Waals surface area contributed by atoms with Gasteiger partial charge in [-0.3, -0.25) is 0 Å². The molecule has 134 valence electrons. The first-order valence-corrected chi connectivity index (χ1v) is 10.3. The van der Waals surface area contributed by atoms with E-state index in [9.17, 15) is 4.79 Å². The molecule has 0 spiro atoms. The molecule has 3 unspecified atom stereocenters. The molecule has 0 aromatic carbocycles. The number of thioether (sulfide) groups is 1. The quantitative estimate of drug-likeness (QED) is 0.837. The van der Waals surface area contributed by atoms with Crippen molar-refractivity contribution in [3.05, 3.63) is 0 Å². The van der Waals surface area contributed by atoms with Crippen LogP contribution < -0.4 is 5.32 Å². The predicted octanol–water partition coefficient (Wildman–Crippen LogP) is 4.04. The Labute approximate surface area is 146 Å². The van der Waals surface area contributed by atoms with Crippen molar-refractivity contribution in [2.45, 2.75) is 89.2 Å². The number of likely N-dealkylation sites (tertiary alicyclic amines) is 1. The van der Waals surface area contributed by atoms with Crippen LogP contribution in [-0.2, 0) is 4.74 Å². The first-order chi connectivity index (χ1) is 10.9. The lowest BCUT2D eigenvalue weighted by Crippen LogP contribution is -2.42. The fourth-order valence-electron chi connectivity index (χ4n) is 3.61. The van der Waals surface area contributed by atoms with E-state index in [2.05, 4.69) is 24.0 Å². The fraction of sp³-hybridized carbons (Fsp3) is 0.944. The third-order valence-electron chi connectivity index (χ3n) is 4.66. The topological polar surface area (TPSA) is 41.6 Å². The molecule has 1 saturated heterocycles. The Morgan fingerprint density at radius 2 is 1.96 bits per heavy atom. The maximum Gasteiger partial charge on any atom is 0.410 e. The summed E-state index contributed by atoms with van der Waals surface area (Å²) < 4.78 is 5.51. The van der Waals surface area contributed by atoms with Crippen molar-refractivity contribution in [3.63, 3.8) is 0 Å². The molecule has 0 radical (unpaired) electrons. The molecule has 5 heteroatoms. The number of carbonyl (C=O) groups excluding carboxylic acids is 1. The molecule has 3 atom stereocenters. The van der Waals surface area contributed by atoms with E-state index in [1.54, 1.807) is 0 Å². The minimum atomic E-state index is -0.407. The molecular formula is C18H34N2O2S. The summed E-state index contributed by atoms with van der Waals surface area (Å²) in [6, 6.07) is 1.21. The number of nitrogens with zero attached hydrogens (tertiary/aromatic N) is 1. The highest BCUT2D eigenvalue weighted by Crippen LogP contribution is 2.31. The molecule has 23 heavy (non-hydrogen) atoms. The fourth-order valence-corrected chi connectivity index (χ4v) is 4.81. The summed E-state index contributed by atoms with van der Waals surface area (Å²) in [7, 11) is 0. The van der Waals surface area contributed by atoms with Gasteiger partial charge in [-0.15, -0.1) is 0 Å². The summed E-state index contributed by atoms with van der Waals surface area (Å²) in [4.78, 5) is 14.1. The van der Waals surface area contributed by atoms with E-state index >= 15 is 0 Å². The van der Waals surface area contributed by atoms with Crippen LogP contribution in [0.3, 0.4) is 0 Å². The van der Waals surface area contributed by atoms with Gasteiger partial charge >= 0.3 is 6.09 Å². The van der Waals surface area contributed by atoms with Gasteiger partial charge in [-0.25, -0.2) is 4.79 Å². The molecule has 1 heterocycles. The zero-order valence-electron chi connectivity index (χ0n) is 15.3. The highest BCUT2D eigenvalue weighted by atomic mass is 32.2. The summed E-state index contributed by atoms with van der Waals surface area (Å²) in [5.74, 6) is 1.21.